The fraction of sp³-hybridized carbons (Fsp3) is 0.368. The minimum atomic E-state index is -4.91. The number of likely N-dealkylation sites (tertiary alicyclic amines) is 1. The maximum Gasteiger partial charge on any atom is 0.416 e. The number of nitriles is 1. The average molecular weight is 720 g/mol. The highest BCUT2D eigenvalue weighted by Gasteiger charge is 2.47. The number of carboxylic acid groups (broad SMARTS) is 1. The molecular formula is C38H37F4N5O5. The summed E-state index contributed by atoms with van der Waals surface area (Å²) in [4.78, 5) is 42.2. The monoisotopic (exact) mass is 719 g/mol. The number of aromatic nitrogens is 2. The zero-order chi connectivity index (χ0) is 37.0. The number of hydrogen-bond donors (Lipinski definition) is 2. The van der Waals surface area contributed by atoms with E-state index in [0.717, 1.165) is 32.9 Å². The van der Waals surface area contributed by atoms with Crippen LogP contribution in [0.25, 0.3) is 0 Å². The number of aliphatic carboxylic acids is 1. The van der Waals surface area contributed by atoms with Crippen molar-refractivity contribution in [1.82, 2.24) is 19.4 Å². The molecule has 272 valence electrons. The summed E-state index contributed by atoms with van der Waals surface area (Å²) in [5, 5.41) is 21.7. The molecule has 0 saturated carbocycles. The van der Waals surface area contributed by atoms with Crippen LogP contribution in [-0.4, -0.2) is 44.7 Å². The molecule has 0 amide bonds. The molecule has 3 aromatic carbocycles. The third-order valence-electron chi connectivity index (χ3n) is 9.87. The van der Waals surface area contributed by atoms with Crippen LogP contribution in [0.5, 0.6) is 0 Å². The number of piperidine rings is 1. The summed E-state index contributed by atoms with van der Waals surface area (Å²) in [6.07, 6.45) is -4.06. The van der Waals surface area contributed by atoms with E-state index in [1.54, 1.807) is 48.5 Å². The van der Waals surface area contributed by atoms with E-state index in [2.05, 4.69) is 16.3 Å². The van der Waals surface area contributed by atoms with Crippen LogP contribution in [0.1, 0.15) is 70.8 Å². The van der Waals surface area contributed by atoms with E-state index < -0.39 is 58.5 Å². The van der Waals surface area contributed by atoms with Gasteiger partial charge in [0.15, 0.2) is 0 Å². The molecule has 14 heteroatoms. The fourth-order valence-electron chi connectivity index (χ4n) is 7.23. The molecule has 1 saturated heterocycles. The lowest BCUT2D eigenvalue weighted by molar-refractivity contribution is -0.138. The zero-order valence-corrected chi connectivity index (χ0v) is 28.2. The predicted molar refractivity (Wildman–Crippen MR) is 182 cm³/mol. The van der Waals surface area contributed by atoms with E-state index in [-0.39, 0.29) is 43.8 Å². The summed E-state index contributed by atoms with van der Waals surface area (Å²) < 4.78 is 66.0. The number of carbonyl (C=O) groups is 1. The highest BCUT2D eigenvalue weighted by molar-refractivity contribution is 5.66. The van der Waals surface area contributed by atoms with Gasteiger partial charge in [-0.3, -0.25) is 23.6 Å². The summed E-state index contributed by atoms with van der Waals surface area (Å²) in [5.41, 5.74) is -2.20. The number of fused-ring (bicyclic) bond motifs is 2. The molecule has 3 heterocycles. The highest BCUT2D eigenvalue weighted by Crippen LogP contribution is 2.43. The Bertz CT molecular complexity index is 2100. The second-order valence-corrected chi connectivity index (χ2v) is 13.2. The molecule has 2 aliphatic heterocycles. The van der Waals surface area contributed by atoms with Crippen molar-refractivity contribution < 1.29 is 32.2 Å². The van der Waals surface area contributed by atoms with E-state index in [1.165, 1.54) is 0 Å². The molecule has 1 fully saturated rings. The van der Waals surface area contributed by atoms with Gasteiger partial charge in [0.2, 0.25) is 0 Å². The van der Waals surface area contributed by atoms with E-state index in [9.17, 15) is 32.8 Å². The van der Waals surface area contributed by atoms with E-state index in [1.807, 2.05) is 6.07 Å². The third-order valence-corrected chi connectivity index (χ3v) is 9.87. The summed E-state index contributed by atoms with van der Waals surface area (Å²) in [6.45, 7) is 0.507. The number of alkyl halides is 3. The number of hydrogen-bond acceptors (Lipinski definition) is 7. The largest absolute Gasteiger partial charge is 0.481 e. The van der Waals surface area contributed by atoms with Crippen LogP contribution in [-0.2, 0) is 47.5 Å². The maximum atomic E-state index is 15.2. The molecule has 52 heavy (non-hydrogen) atoms. The second kappa shape index (κ2) is 15.2. The predicted octanol–water partition coefficient (Wildman–Crippen LogP) is 5.31. The lowest BCUT2D eigenvalue weighted by atomic mass is 9.85. The van der Waals surface area contributed by atoms with Crippen molar-refractivity contribution >= 4 is 5.97 Å². The SMILES string of the molecule is N#Cc1cccc(CN2CCC3(CC2)OCc2c3c(=O)n(CC(NCCCC(=O)O)c3ccccc3)c(=O)n2Cc2c(F)cccc2C(F)(F)F)c1. The summed E-state index contributed by atoms with van der Waals surface area (Å²) in [7, 11) is 0. The Labute approximate surface area is 296 Å². The van der Waals surface area contributed by atoms with Crippen LogP contribution in [0.3, 0.4) is 0 Å². The van der Waals surface area contributed by atoms with E-state index >= 15 is 4.39 Å². The molecule has 1 atom stereocenters. The lowest BCUT2D eigenvalue weighted by Gasteiger charge is -2.39. The number of benzene rings is 3. The number of halogens is 4. The van der Waals surface area contributed by atoms with Gasteiger partial charge in [-0.1, -0.05) is 48.5 Å². The Morgan fingerprint density at radius 2 is 1.73 bits per heavy atom. The van der Waals surface area contributed by atoms with Gasteiger partial charge in [-0.05, 0) is 61.2 Å². The second-order valence-electron chi connectivity index (χ2n) is 13.2. The molecule has 1 unspecified atom stereocenters. The van der Waals surface area contributed by atoms with Gasteiger partial charge in [0.1, 0.15) is 11.4 Å². The first-order chi connectivity index (χ1) is 24.9. The van der Waals surface area contributed by atoms with Crippen molar-refractivity contribution in [3.63, 3.8) is 0 Å². The van der Waals surface area contributed by atoms with Gasteiger partial charge in [-0.25, -0.2) is 9.18 Å². The Morgan fingerprint density at radius 1 is 1.00 bits per heavy atom. The van der Waals surface area contributed by atoms with Crippen LogP contribution in [0.2, 0.25) is 0 Å². The molecule has 6 rings (SSSR count). The number of carboxylic acids is 1. The van der Waals surface area contributed by atoms with Crippen molar-refractivity contribution in [2.45, 2.75) is 69.7 Å². The maximum absolute atomic E-state index is 15.2. The van der Waals surface area contributed by atoms with Crippen molar-refractivity contribution in [3.05, 3.63) is 139 Å². The van der Waals surface area contributed by atoms with Gasteiger partial charge in [0, 0.05) is 31.6 Å². The quantitative estimate of drug-likeness (QED) is 0.149. The van der Waals surface area contributed by atoms with Crippen LogP contribution in [0, 0.1) is 17.1 Å². The topological polar surface area (TPSA) is 130 Å². The van der Waals surface area contributed by atoms with E-state index in [0.29, 0.717) is 43.6 Å². The summed E-state index contributed by atoms with van der Waals surface area (Å²) in [6, 6.07) is 20.2. The van der Waals surface area contributed by atoms with Crippen molar-refractivity contribution in [2.75, 3.05) is 19.6 Å². The molecule has 0 aliphatic carbocycles. The number of rotatable bonds is 12. The van der Waals surface area contributed by atoms with Crippen LogP contribution in [0.4, 0.5) is 17.6 Å². The van der Waals surface area contributed by atoms with Gasteiger partial charge in [-0.2, -0.15) is 18.4 Å². The van der Waals surface area contributed by atoms with Crippen molar-refractivity contribution in [1.29, 1.82) is 5.26 Å². The first-order valence-corrected chi connectivity index (χ1v) is 17.0. The van der Waals surface area contributed by atoms with Crippen LogP contribution >= 0.6 is 0 Å². The standard InChI is InChI=1S/C38H37F4N5O5/c39-30-12-5-11-29(38(40,41)42)28(30)22-46-32-24-52-37(14-17-45(18-15-37)21-26-8-4-7-25(19-26)20-43)34(32)35(50)47(36(46)51)23-31(27-9-2-1-3-10-27)44-16-6-13-33(48)49/h1-5,7-12,19,31,44H,6,13-18,21-24H2,(H,48,49). The Hall–Kier alpha value is -5.10. The molecule has 1 spiro atoms. The van der Waals surface area contributed by atoms with Gasteiger partial charge in [-0.15, -0.1) is 0 Å². The number of nitrogens with one attached hydrogen (secondary N) is 1. The van der Waals surface area contributed by atoms with Gasteiger partial charge in [0.25, 0.3) is 5.56 Å². The Balaban J connectivity index is 1.41. The normalized spacial score (nSPS) is 16.1. The molecule has 0 bridgehead atoms. The molecule has 0 radical (unpaired) electrons. The Kier molecular flexibility index (Phi) is 10.8. The summed E-state index contributed by atoms with van der Waals surface area (Å²) >= 11 is 0. The molecule has 2 N–H and O–H groups in total. The van der Waals surface area contributed by atoms with E-state index in [4.69, 9.17) is 9.84 Å². The molecular weight excluding hydrogens is 682 g/mol. The number of ether oxygens (including phenoxy) is 1. The molecule has 4 aromatic rings. The minimum absolute atomic E-state index is 0.106. The van der Waals surface area contributed by atoms with Crippen LogP contribution in [0.15, 0.2) is 82.4 Å². The highest BCUT2D eigenvalue weighted by atomic mass is 19.4. The smallest absolute Gasteiger partial charge is 0.416 e. The first kappa shape index (κ1) is 36.7. The first-order valence-electron chi connectivity index (χ1n) is 17.0. The van der Waals surface area contributed by atoms with Gasteiger partial charge in [0.05, 0.1) is 54.2 Å². The fourth-order valence-corrected chi connectivity index (χ4v) is 7.23. The average Bonchev–Trinajstić information content (AvgIpc) is 3.49. The van der Waals surface area contributed by atoms with Gasteiger partial charge < -0.3 is 15.2 Å². The third kappa shape index (κ3) is 7.72. The van der Waals surface area contributed by atoms with Crippen molar-refractivity contribution in [2.24, 2.45) is 0 Å². The minimum Gasteiger partial charge on any atom is -0.481 e. The van der Waals surface area contributed by atoms with Crippen LogP contribution < -0.4 is 16.6 Å². The van der Waals surface area contributed by atoms with Gasteiger partial charge >= 0.3 is 17.8 Å². The lowest BCUT2D eigenvalue weighted by Crippen LogP contribution is -2.50. The summed E-state index contributed by atoms with van der Waals surface area (Å²) in [5.74, 6) is -2.12. The molecule has 10 nitrogen and oxygen atoms in total. The Morgan fingerprint density at radius 3 is 2.42 bits per heavy atom. The molecule has 2 aliphatic rings. The molecule has 1 aromatic heterocycles. The van der Waals surface area contributed by atoms with Crippen molar-refractivity contribution in [3.8, 4) is 6.07 Å². The zero-order valence-electron chi connectivity index (χ0n) is 28.2. The number of nitrogens with zero attached hydrogens (tertiary/aromatic N) is 4.